The first kappa shape index (κ1) is 14.6. The van der Waals surface area contributed by atoms with Crippen LogP contribution in [0.4, 0.5) is 5.69 Å². The van der Waals surface area contributed by atoms with Gasteiger partial charge >= 0.3 is 10.2 Å². The number of hydrogen-bond donors (Lipinski definition) is 0. The Balaban J connectivity index is 1.92. The molecule has 0 aliphatic carbocycles. The van der Waals surface area contributed by atoms with Gasteiger partial charge in [0.2, 0.25) is 0 Å². The molecule has 6 nitrogen and oxygen atoms in total. The van der Waals surface area contributed by atoms with Crippen LogP contribution in [-0.4, -0.2) is 51.2 Å². The van der Waals surface area contributed by atoms with Crippen LogP contribution in [0.2, 0.25) is 0 Å². The number of hydrogen-bond acceptors (Lipinski definition) is 4. The first-order valence-corrected chi connectivity index (χ1v) is 8.53. The molecule has 0 N–H and O–H groups in total. The van der Waals surface area contributed by atoms with Gasteiger partial charge in [-0.3, -0.25) is 4.31 Å². The molecular weight excluding hydrogens is 292 g/mol. The van der Waals surface area contributed by atoms with E-state index >= 15 is 0 Å². The zero-order chi connectivity index (χ0) is 15.0. The largest absolute Gasteiger partial charge is 0.489 e. The number of fused-ring (bicyclic) bond motifs is 1. The summed E-state index contributed by atoms with van der Waals surface area (Å²) in [6.45, 7) is 5.25. The lowest BCUT2D eigenvalue weighted by Crippen LogP contribution is -2.54. The predicted octanol–water partition coefficient (Wildman–Crippen LogP) is 1.24. The number of anilines is 1. The summed E-state index contributed by atoms with van der Waals surface area (Å²) >= 11 is 0. The summed E-state index contributed by atoms with van der Waals surface area (Å²) in [4.78, 5) is 0. The number of morpholine rings is 1. The maximum absolute atomic E-state index is 12.9. The van der Waals surface area contributed by atoms with Gasteiger partial charge in [-0.05, 0) is 26.0 Å². The summed E-state index contributed by atoms with van der Waals surface area (Å²) in [5, 5.41) is 0. The molecule has 1 fully saturated rings. The summed E-state index contributed by atoms with van der Waals surface area (Å²) in [5.74, 6) is 0.613. The van der Waals surface area contributed by atoms with Gasteiger partial charge in [-0.15, -0.1) is 0 Å². The van der Waals surface area contributed by atoms with E-state index in [1.54, 1.807) is 12.1 Å². The minimum absolute atomic E-state index is 0.0974. The molecule has 0 unspecified atom stereocenters. The quantitative estimate of drug-likeness (QED) is 0.824. The average Bonchev–Trinajstić information content (AvgIpc) is 2.45. The molecule has 2 heterocycles. The second-order valence-corrected chi connectivity index (χ2v) is 7.32. The van der Waals surface area contributed by atoms with Gasteiger partial charge in [-0.2, -0.15) is 12.7 Å². The molecule has 2 aliphatic rings. The summed E-state index contributed by atoms with van der Waals surface area (Å²) in [6, 6.07) is 7.23. The fourth-order valence-electron chi connectivity index (χ4n) is 2.84. The first-order chi connectivity index (χ1) is 9.98. The standard InChI is InChI=1S/C14H20N2O4S/c1-11-9-15(10-12(2)20-11)21(17,18)16-7-8-19-14-6-4-3-5-13(14)16/h3-6,11-12H,7-10H2,1-2H3/t11-,12+. The molecule has 2 aliphatic heterocycles. The van der Waals surface area contributed by atoms with Crippen molar-refractivity contribution in [2.45, 2.75) is 26.1 Å². The van der Waals surface area contributed by atoms with Crippen LogP contribution >= 0.6 is 0 Å². The molecule has 0 spiro atoms. The monoisotopic (exact) mass is 312 g/mol. The third kappa shape index (κ3) is 2.73. The van der Waals surface area contributed by atoms with Crippen molar-refractivity contribution < 1.29 is 17.9 Å². The molecule has 0 bridgehead atoms. The van der Waals surface area contributed by atoms with Crippen molar-refractivity contribution in [3.05, 3.63) is 24.3 Å². The lowest BCUT2D eigenvalue weighted by Gasteiger charge is -2.39. The lowest BCUT2D eigenvalue weighted by molar-refractivity contribution is -0.0441. The van der Waals surface area contributed by atoms with Gasteiger partial charge < -0.3 is 9.47 Å². The normalized spacial score (nSPS) is 27.0. The Morgan fingerprint density at radius 1 is 1.14 bits per heavy atom. The van der Waals surface area contributed by atoms with Gasteiger partial charge in [-0.1, -0.05) is 12.1 Å². The molecule has 1 aromatic rings. The van der Waals surface area contributed by atoms with Crippen LogP contribution in [0.5, 0.6) is 5.75 Å². The molecule has 116 valence electrons. The van der Waals surface area contributed by atoms with E-state index in [9.17, 15) is 8.42 Å². The van der Waals surface area contributed by atoms with Gasteiger partial charge in [0.25, 0.3) is 0 Å². The maximum Gasteiger partial charge on any atom is 0.304 e. The molecule has 1 aromatic carbocycles. The zero-order valence-electron chi connectivity index (χ0n) is 12.2. The highest BCUT2D eigenvalue weighted by atomic mass is 32.2. The number of para-hydroxylation sites is 2. The summed E-state index contributed by atoms with van der Waals surface area (Å²) in [5.41, 5.74) is 0.607. The SMILES string of the molecule is C[C@@H]1CN(S(=O)(=O)N2CCOc3ccccc32)C[C@H](C)O1. The lowest BCUT2D eigenvalue weighted by atomic mass is 10.2. The Bertz CT molecular complexity index is 609. The van der Waals surface area contributed by atoms with E-state index in [-0.39, 0.29) is 12.2 Å². The number of benzene rings is 1. The fourth-order valence-corrected chi connectivity index (χ4v) is 4.62. The van der Waals surface area contributed by atoms with Crippen molar-refractivity contribution in [3.8, 4) is 5.75 Å². The molecule has 1 saturated heterocycles. The zero-order valence-corrected chi connectivity index (χ0v) is 13.0. The van der Waals surface area contributed by atoms with Crippen LogP contribution in [0.3, 0.4) is 0 Å². The van der Waals surface area contributed by atoms with Crippen molar-refractivity contribution in [3.63, 3.8) is 0 Å². The van der Waals surface area contributed by atoms with Crippen molar-refractivity contribution in [2.75, 3.05) is 30.5 Å². The highest BCUT2D eigenvalue weighted by molar-refractivity contribution is 7.90. The second-order valence-electron chi connectivity index (χ2n) is 5.47. The van der Waals surface area contributed by atoms with E-state index < -0.39 is 10.2 Å². The molecule has 0 saturated carbocycles. The Morgan fingerprint density at radius 2 is 1.81 bits per heavy atom. The van der Waals surface area contributed by atoms with Gasteiger partial charge in [0.15, 0.2) is 0 Å². The van der Waals surface area contributed by atoms with E-state index in [0.717, 1.165) is 0 Å². The second kappa shape index (κ2) is 5.47. The minimum atomic E-state index is -3.56. The highest BCUT2D eigenvalue weighted by Gasteiger charge is 2.37. The van der Waals surface area contributed by atoms with E-state index in [2.05, 4.69) is 0 Å². The average molecular weight is 312 g/mol. The molecule has 21 heavy (non-hydrogen) atoms. The Kier molecular flexibility index (Phi) is 3.81. The third-order valence-electron chi connectivity index (χ3n) is 3.68. The topological polar surface area (TPSA) is 59.1 Å². The summed E-state index contributed by atoms with van der Waals surface area (Å²) < 4.78 is 40.0. The Hall–Kier alpha value is -1.31. The van der Waals surface area contributed by atoms with Crippen LogP contribution < -0.4 is 9.04 Å². The molecule has 0 radical (unpaired) electrons. The smallest absolute Gasteiger partial charge is 0.304 e. The van der Waals surface area contributed by atoms with Gasteiger partial charge in [0, 0.05) is 13.1 Å². The van der Waals surface area contributed by atoms with Crippen molar-refractivity contribution in [1.29, 1.82) is 0 Å². The van der Waals surface area contributed by atoms with Crippen LogP contribution in [0.15, 0.2) is 24.3 Å². The first-order valence-electron chi connectivity index (χ1n) is 7.13. The highest BCUT2D eigenvalue weighted by Crippen LogP contribution is 2.34. The van der Waals surface area contributed by atoms with Gasteiger partial charge in [0.1, 0.15) is 12.4 Å². The number of nitrogens with zero attached hydrogens (tertiary/aromatic N) is 2. The third-order valence-corrected chi connectivity index (χ3v) is 5.56. The van der Waals surface area contributed by atoms with Gasteiger partial charge in [-0.25, -0.2) is 0 Å². The van der Waals surface area contributed by atoms with Crippen molar-refractivity contribution >= 4 is 15.9 Å². The van der Waals surface area contributed by atoms with E-state index in [1.807, 2.05) is 26.0 Å². The van der Waals surface area contributed by atoms with Crippen LogP contribution in [0, 0.1) is 0 Å². The minimum Gasteiger partial charge on any atom is -0.489 e. The molecule has 3 rings (SSSR count). The Labute approximate surface area is 125 Å². The summed E-state index contributed by atoms with van der Waals surface area (Å²) in [7, 11) is -3.56. The molecule has 7 heteroatoms. The van der Waals surface area contributed by atoms with Crippen LogP contribution in [-0.2, 0) is 14.9 Å². The van der Waals surface area contributed by atoms with Crippen LogP contribution in [0.1, 0.15) is 13.8 Å². The van der Waals surface area contributed by atoms with Gasteiger partial charge in [0.05, 0.1) is 24.4 Å². The molecule has 0 amide bonds. The van der Waals surface area contributed by atoms with E-state index in [1.165, 1.54) is 8.61 Å². The van der Waals surface area contributed by atoms with E-state index in [4.69, 9.17) is 9.47 Å². The van der Waals surface area contributed by atoms with E-state index in [0.29, 0.717) is 37.7 Å². The Morgan fingerprint density at radius 3 is 2.52 bits per heavy atom. The molecule has 2 atom stereocenters. The fraction of sp³-hybridized carbons (Fsp3) is 0.571. The number of ether oxygens (including phenoxy) is 2. The molecular formula is C14H20N2O4S. The van der Waals surface area contributed by atoms with Crippen molar-refractivity contribution in [1.82, 2.24) is 4.31 Å². The molecule has 0 aromatic heterocycles. The number of rotatable bonds is 2. The maximum atomic E-state index is 12.9. The predicted molar refractivity (Wildman–Crippen MR) is 79.8 cm³/mol. The van der Waals surface area contributed by atoms with Crippen molar-refractivity contribution in [2.24, 2.45) is 0 Å². The summed E-state index contributed by atoms with van der Waals surface area (Å²) in [6.07, 6.45) is -0.195. The van der Waals surface area contributed by atoms with Crippen LogP contribution in [0.25, 0.3) is 0 Å².